The third kappa shape index (κ3) is 4.20. The Morgan fingerprint density at radius 2 is 1.81 bits per heavy atom. The van der Waals surface area contributed by atoms with Crippen molar-refractivity contribution in [3.8, 4) is 0 Å². The molecule has 4 nitrogen and oxygen atoms in total. The average molecular weight is 279 g/mol. The first-order valence-electron chi connectivity index (χ1n) is 6.88. The van der Waals surface area contributed by atoms with Crippen LogP contribution in [0.15, 0.2) is 59.7 Å². The summed E-state index contributed by atoms with van der Waals surface area (Å²) in [7, 11) is 0. The van der Waals surface area contributed by atoms with Crippen molar-refractivity contribution in [1.29, 1.82) is 0 Å². The normalized spacial score (nSPS) is 11.5. The maximum Gasteiger partial charge on any atom is 0.146 e. The quantitative estimate of drug-likeness (QED) is 0.434. The van der Waals surface area contributed by atoms with Gasteiger partial charge in [0.25, 0.3) is 0 Å². The first-order valence-corrected chi connectivity index (χ1v) is 6.88. The van der Waals surface area contributed by atoms with Gasteiger partial charge in [-0.2, -0.15) is 0 Å². The highest BCUT2D eigenvalue weighted by molar-refractivity contribution is 5.85. The van der Waals surface area contributed by atoms with Gasteiger partial charge in [-0.25, -0.2) is 0 Å². The summed E-state index contributed by atoms with van der Waals surface area (Å²) >= 11 is 0. The number of nitrogens with zero attached hydrogens (tertiary/aromatic N) is 3. The summed E-state index contributed by atoms with van der Waals surface area (Å²) in [6, 6.07) is 16.6. The third-order valence-corrected chi connectivity index (χ3v) is 3.37. The molecule has 0 aromatic heterocycles. The zero-order valence-corrected chi connectivity index (χ0v) is 11.9. The van der Waals surface area contributed by atoms with Crippen molar-refractivity contribution < 1.29 is 4.79 Å². The van der Waals surface area contributed by atoms with Gasteiger partial charge in [0.05, 0.1) is 0 Å². The minimum Gasteiger partial charge on any atom is -0.299 e. The fraction of sp³-hybridized carbons (Fsp3) is 0.235. The molecule has 0 fully saturated rings. The fourth-order valence-electron chi connectivity index (χ4n) is 2.17. The number of carbonyl (C=O) groups excluding carboxylic acids is 1. The van der Waals surface area contributed by atoms with Gasteiger partial charge in [0.2, 0.25) is 0 Å². The smallest absolute Gasteiger partial charge is 0.146 e. The Morgan fingerprint density at radius 3 is 2.43 bits per heavy atom. The van der Waals surface area contributed by atoms with E-state index in [1.165, 1.54) is 0 Å². The highest BCUT2D eigenvalue weighted by Crippen LogP contribution is 2.21. The van der Waals surface area contributed by atoms with E-state index in [9.17, 15) is 4.79 Å². The van der Waals surface area contributed by atoms with Crippen molar-refractivity contribution in [3.05, 3.63) is 81.7 Å². The van der Waals surface area contributed by atoms with Gasteiger partial charge in [-0.1, -0.05) is 65.3 Å². The van der Waals surface area contributed by atoms with Gasteiger partial charge in [0, 0.05) is 11.3 Å². The third-order valence-electron chi connectivity index (χ3n) is 3.37. The van der Waals surface area contributed by atoms with E-state index in [0.29, 0.717) is 12.8 Å². The lowest BCUT2D eigenvalue weighted by Crippen LogP contribution is -2.11. The highest BCUT2D eigenvalue weighted by Gasteiger charge is 2.18. The van der Waals surface area contributed by atoms with Crippen LogP contribution >= 0.6 is 0 Å². The molecular formula is C17H17N3O. The predicted molar refractivity (Wildman–Crippen MR) is 82.8 cm³/mol. The van der Waals surface area contributed by atoms with Crippen molar-refractivity contribution in [2.24, 2.45) is 5.11 Å². The number of aryl methyl sites for hydroxylation is 2. The first-order chi connectivity index (χ1) is 10.2. The Labute approximate surface area is 124 Å². The van der Waals surface area contributed by atoms with Crippen LogP contribution in [0.4, 0.5) is 0 Å². The molecule has 1 unspecified atom stereocenters. The number of ketones is 1. The Morgan fingerprint density at radius 1 is 1.14 bits per heavy atom. The van der Waals surface area contributed by atoms with Crippen LogP contribution in [0.5, 0.6) is 0 Å². The number of Topliss-reactive ketones (excluding diaryl/α,β-unsaturated/α-hetero) is 1. The summed E-state index contributed by atoms with van der Waals surface area (Å²) in [6.07, 6.45) is 1.02. The molecule has 2 rings (SSSR count). The second-order valence-corrected chi connectivity index (χ2v) is 4.97. The Hall–Kier alpha value is -2.58. The van der Waals surface area contributed by atoms with E-state index in [1.807, 2.05) is 61.5 Å². The zero-order chi connectivity index (χ0) is 15.1. The summed E-state index contributed by atoms with van der Waals surface area (Å²) in [4.78, 5) is 15.1. The molecule has 0 heterocycles. The molecule has 21 heavy (non-hydrogen) atoms. The number of benzene rings is 2. The second kappa shape index (κ2) is 7.27. The molecule has 0 aliphatic heterocycles. The van der Waals surface area contributed by atoms with E-state index in [2.05, 4.69) is 10.0 Å². The van der Waals surface area contributed by atoms with E-state index >= 15 is 0 Å². The van der Waals surface area contributed by atoms with Crippen molar-refractivity contribution in [2.45, 2.75) is 25.8 Å². The van der Waals surface area contributed by atoms with Crippen LogP contribution in [0.3, 0.4) is 0 Å². The number of hydrogen-bond acceptors (Lipinski definition) is 2. The molecule has 0 N–H and O–H groups in total. The minimum atomic E-state index is -0.737. The summed E-state index contributed by atoms with van der Waals surface area (Å²) in [5.74, 6) is -0.0551. The minimum absolute atomic E-state index is 0.0551. The maximum absolute atomic E-state index is 12.3. The molecule has 2 aromatic rings. The molecule has 106 valence electrons. The van der Waals surface area contributed by atoms with Gasteiger partial charge in [-0.3, -0.25) is 4.79 Å². The lowest BCUT2D eigenvalue weighted by Gasteiger charge is -2.11. The van der Waals surface area contributed by atoms with Gasteiger partial charge in [-0.15, -0.1) is 0 Å². The Bertz CT molecular complexity index is 643. The number of carbonyl (C=O) groups is 1. The first kappa shape index (κ1) is 14.8. The highest BCUT2D eigenvalue weighted by atomic mass is 16.1. The second-order valence-electron chi connectivity index (χ2n) is 4.97. The van der Waals surface area contributed by atoms with Crippen LogP contribution in [0, 0.1) is 6.92 Å². The van der Waals surface area contributed by atoms with Crippen LogP contribution in [0.25, 0.3) is 10.4 Å². The molecule has 0 aliphatic rings. The van der Waals surface area contributed by atoms with Gasteiger partial charge >= 0.3 is 0 Å². The van der Waals surface area contributed by atoms with E-state index in [4.69, 9.17) is 5.53 Å². The summed E-state index contributed by atoms with van der Waals surface area (Å²) in [5, 5.41) is 3.67. The SMILES string of the molecule is Cc1ccc(C(N=[N+]=[N-])C(=O)CCc2ccccc2)cc1. The zero-order valence-electron chi connectivity index (χ0n) is 11.9. The molecule has 0 radical (unpaired) electrons. The lowest BCUT2D eigenvalue weighted by molar-refractivity contribution is -0.120. The van der Waals surface area contributed by atoms with Crippen molar-refractivity contribution >= 4 is 5.78 Å². The van der Waals surface area contributed by atoms with E-state index in [-0.39, 0.29) is 5.78 Å². The van der Waals surface area contributed by atoms with Crippen LogP contribution in [0.1, 0.15) is 29.2 Å². The topological polar surface area (TPSA) is 65.8 Å². The molecule has 4 heteroatoms. The van der Waals surface area contributed by atoms with Crippen molar-refractivity contribution in [3.63, 3.8) is 0 Å². The van der Waals surface area contributed by atoms with Crippen LogP contribution in [-0.2, 0) is 11.2 Å². The van der Waals surface area contributed by atoms with E-state index < -0.39 is 6.04 Å². The molecule has 0 spiro atoms. The molecule has 0 saturated heterocycles. The van der Waals surface area contributed by atoms with Crippen LogP contribution in [-0.4, -0.2) is 5.78 Å². The van der Waals surface area contributed by atoms with Gasteiger partial charge < -0.3 is 0 Å². The number of rotatable bonds is 6. The summed E-state index contributed by atoms with van der Waals surface area (Å²) in [5.41, 5.74) is 11.7. The molecule has 1 atom stereocenters. The number of hydrogen-bond donors (Lipinski definition) is 0. The molecule has 0 aliphatic carbocycles. The maximum atomic E-state index is 12.3. The van der Waals surface area contributed by atoms with E-state index in [1.54, 1.807) is 0 Å². The lowest BCUT2D eigenvalue weighted by atomic mass is 9.98. The van der Waals surface area contributed by atoms with Gasteiger partial charge in [0.15, 0.2) is 0 Å². The van der Waals surface area contributed by atoms with Crippen molar-refractivity contribution in [2.75, 3.05) is 0 Å². The fourth-order valence-corrected chi connectivity index (χ4v) is 2.17. The van der Waals surface area contributed by atoms with E-state index in [0.717, 1.165) is 16.7 Å². The molecule has 0 bridgehead atoms. The Kier molecular flexibility index (Phi) is 5.13. The largest absolute Gasteiger partial charge is 0.299 e. The van der Waals surface area contributed by atoms with Crippen molar-refractivity contribution in [1.82, 2.24) is 0 Å². The van der Waals surface area contributed by atoms with Crippen LogP contribution in [0.2, 0.25) is 0 Å². The summed E-state index contributed by atoms with van der Waals surface area (Å²) < 4.78 is 0. The predicted octanol–water partition coefficient (Wildman–Crippen LogP) is 4.55. The van der Waals surface area contributed by atoms with Gasteiger partial charge in [-0.05, 0) is 30.0 Å². The molecule has 0 amide bonds. The molecule has 0 saturated carbocycles. The Balaban J connectivity index is 2.09. The van der Waals surface area contributed by atoms with Gasteiger partial charge in [0.1, 0.15) is 11.8 Å². The monoisotopic (exact) mass is 279 g/mol. The number of azide groups is 1. The van der Waals surface area contributed by atoms with Crippen LogP contribution < -0.4 is 0 Å². The molecular weight excluding hydrogens is 262 g/mol. The standard InChI is InChI=1S/C17H17N3O/c1-13-7-10-15(11-8-13)17(19-20-18)16(21)12-9-14-5-3-2-4-6-14/h2-8,10-11,17H,9,12H2,1H3. The molecule has 2 aromatic carbocycles. The summed E-state index contributed by atoms with van der Waals surface area (Å²) in [6.45, 7) is 1.98. The average Bonchev–Trinajstić information content (AvgIpc) is 2.52.